The third kappa shape index (κ3) is 3.49. The minimum atomic E-state index is -0.376. The van der Waals surface area contributed by atoms with Gasteiger partial charge in [-0.2, -0.15) is 0 Å². The fraction of sp³-hybridized carbons (Fsp3) is 0.400. The first kappa shape index (κ1) is 14.8. The summed E-state index contributed by atoms with van der Waals surface area (Å²) in [7, 11) is 1.36. The van der Waals surface area contributed by atoms with Crippen LogP contribution in [0.5, 0.6) is 0 Å². The van der Waals surface area contributed by atoms with E-state index in [4.69, 9.17) is 4.42 Å². The first-order valence-corrected chi connectivity index (χ1v) is 7.42. The van der Waals surface area contributed by atoms with Crippen molar-refractivity contribution < 1.29 is 13.9 Å². The van der Waals surface area contributed by atoms with Gasteiger partial charge in [0.1, 0.15) is 12.0 Å². The molecule has 1 atom stereocenters. The van der Waals surface area contributed by atoms with Crippen molar-refractivity contribution in [2.45, 2.75) is 26.4 Å². The van der Waals surface area contributed by atoms with E-state index in [-0.39, 0.29) is 12.0 Å². The molecule has 1 unspecified atom stereocenters. The Kier molecular flexibility index (Phi) is 4.98. The number of nitrogens with one attached hydrogen (secondary N) is 1. The molecule has 2 aromatic heterocycles. The van der Waals surface area contributed by atoms with Gasteiger partial charge >= 0.3 is 5.97 Å². The maximum atomic E-state index is 11.4. The van der Waals surface area contributed by atoms with Crippen molar-refractivity contribution in [3.05, 3.63) is 46.0 Å². The number of thiophene rings is 1. The molecule has 0 spiro atoms. The van der Waals surface area contributed by atoms with Crippen molar-refractivity contribution >= 4 is 17.3 Å². The summed E-state index contributed by atoms with van der Waals surface area (Å²) in [5.41, 5.74) is 0.446. The summed E-state index contributed by atoms with van der Waals surface area (Å²) in [4.78, 5) is 12.7. The Hall–Kier alpha value is -1.59. The van der Waals surface area contributed by atoms with Crippen molar-refractivity contribution in [2.24, 2.45) is 5.92 Å². The normalized spacial score (nSPS) is 12.6. The van der Waals surface area contributed by atoms with Crippen LogP contribution in [0.15, 0.2) is 34.3 Å². The molecule has 2 rings (SSSR count). The van der Waals surface area contributed by atoms with Crippen molar-refractivity contribution in [1.29, 1.82) is 0 Å². The van der Waals surface area contributed by atoms with E-state index in [9.17, 15) is 4.79 Å². The Morgan fingerprint density at radius 2 is 2.30 bits per heavy atom. The van der Waals surface area contributed by atoms with Crippen LogP contribution in [0.2, 0.25) is 0 Å². The number of ether oxygens (including phenoxy) is 1. The highest BCUT2D eigenvalue weighted by atomic mass is 32.1. The average Bonchev–Trinajstić information content (AvgIpc) is 3.09. The summed E-state index contributed by atoms with van der Waals surface area (Å²) < 4.78 is 10.0. The van der Waals surface area contributed by atoms with Crippen LogP contribution in [0.1, 0.15) is 40.9 Å². The van der Waals surface area contributed by atoms with Gasteiger partial charge in [-0.1, -0.05) is 19.9 Å². The van der Waals surface area contributed by atoms with Crippen LogP contribution in [0.25, 0.3) is 0 Å². The van der Waals surface area contributed by atoms with Crippen LogP contribution in [0.3, 0.4) is 0 Å². The van der Waals surface area contributed by atoms with Crippen molar-refractivity contribution in [1.82, 2.24) is 5.32 Å². The van der Waals surface area contributed by atoms with Crippen LogP contribution in [0.4, 0.5) is 0 Å². The lowest BCUT2D eigenvalue weighted by Crippen LogP contribution is -2.24. The lowest BCUT2D eigenvalue weighted by Gasteiger charge is -2.20. The second-order valence-electron chi connectivity index (χ2n) is 4.91. The molecule has 0 aromatic carbocycles. The highest BCUT2D eigenvalue weighted by molar-refractivity contribution is 7.10. The van der Waals surface area contributed by atoms with E-state index in [2.05, 4.69) is 41.4 Å². The largest absolute Gasteiger partial charge is 0.467 e. The Bertz CT molecular complexity index is 545. The minimum absolute atomic E-state index is 0.279. The molecule has 2 heterocycles. The van der Waals surface area contributed by atoms with Gasteiger partial charge in [-0.25, -0.2) is 4.79 Å². The van der Waals surface area contributed by atoms with Gasteiger partial charge in [0.05, 0.1) is 19.2 Å². The molecule has 0 fully saturated rings. The highest BCUT2D eigenvalue weighted by Crippen LogP contribution is 2.26. The topological polar surface area (TPSA) is 51.5 Å². The number of esters is 1. The smallest absolute Gasteiger partial charge is 0.341 e. The molecule has 0 bridgehead atoms. The zero-order valence-electron chi connectivity index (χ0n) is 11.9. The Morgan fingerprint density at radius 1 is 1.50 bits per heavy atom. The number of hydrogen-bond acceptors (Lipinski definition) is 5. The van der Waals surface area contributed by atoms with Crippen LogP contribution in [-0.2, 0) is 11.3 Å². The van der Waals surface area contributed by atoms with E-state index in [1.165, 1.54) is 18.3 Å². The van der Waals surface area contributed by atoms with Gasteiger partial charge in [0.15, 0.2) is 0 Å². The van der Waals surface area contributed by atoms with E-state index < -0.39 is 0 Å². The lowest BCUT2D eigenvalue weighted by atomic mass is 10.0. The van der Waals surface area contributed by atoms with Crippen LogP contribution < -0.4 is 5.32 Å². The predicted octanol–water partition coefficient (Wildman–Crippen LogP) is 3.61. The van der Waals surface area contributed by atoms with Crippen molar-refractivity contribution in [3.63, 3.8) is 0 Å². The lowest BCUT2D eigenvalue weighted by molar-refractivity contribution is 0.0600. The number of furan rings is 1. The molecule has 0 amide bonds. The summed E-state index contributed by atoms with van der Waals surface area (Å²) in [5.74, 6) is 0.829. The minimum Gasteiger partial charge on any atom is -0.467 e. The number of methoxy groups -OCH3 is 1. The zero-order chi connectivity index (χ0) is 14.5. The molecular weight excluding hydrogens is 274 g/mol. The van der Waals surface area contributed by atoms with E-state index in [1.807, 2.05) is 0 Å². The summed E-state index contributed by atoms with van der Waals surface area (Å²) in [6.07, 6.45) is 1.43. The molecule has 0 saturated heterocycles. The average molecular weight is 293 g/mol. The molecule has 1 N–H and O–H groups in total. The molecule has 0 aliphatic heterocycles. The van der Waals surface area contributed by atoms with E-state index in [0.717, 1.165) is 5.76 Å². The first-order chi connectivity index (χ1) is 9.61. The van der Waals surface area contributed by atoms with Crippen LogP contribution >= 0.6 is 11.3 Å². The molecule has 0 aliphatic carbocycles. The number of hydrogen-bond donors (Lipinski definition) is 1. The van der Waals surface area contributed by atoms with Gasteiger partial charge in [0.2, 0.25) is 0 Å². The summed E-state index contributed by atoms with van der Waals surface area (Å²) in [5, 5.41) is 5.55. The number of carbonyl (C=O) groups excluding carboxylic acids is 1. The fourth-order valence-corrected chi connectivity index (χ4v) is 3.02. The Balaban J connectivity index is 1.99. The molecule has 0 radical (unpaired) electrons. The molecule has 4 nitrogen and oxygen atoms in total. The van der Waals surface area contributed by atoms with Gasteiger partial charge in [-0.3, -0.25) is 0 Å². The quantitative estimate of drug-likeness (QED) is 0.827. The van der Waals surface area contributed by atoms with Gasteiger partial charge in [0.25, 0.3) is 0 Å². The Morgan fingerprint density at radius 3 is 2.90 bits per heavy atom. The maximum absolute atomic E-state index is 11.4. The molecule has 0 saturated carbocycles. The zero-order valence-corrected chi connectivity index (χ0v) is 12.7. The molecule has 2 aromatic rings. The molecule has 108 valence electrons. The second-order valence-corrected chi connectivity index (χ2v) is 5.89. The summed E-state index contributed by atoms with van der Waals surface area (Å²) in [6, 6.07) is 6.18. The van der Waals surface area contributed by atoms with E-state index in [1.54, 1.807) is 17.4 Å². The van der Waals surface area contributed by atoms with Gasteiger partial charge in [-0.05, 0) is 23.4 Å². The number of carbonyl (C=O) groups is 1. The Labute approximate surface area is 122 Å². The van der Waals surface area contributed by atoms with Crippen LogP contribution in [-0.4, -0.2) is 13.1 Å². The van der Waals surface area contributed by atoms with Crippen LogP contribution in [0, 0.1) is 5.92 Å². The predicted molar refractivity (Wildman–Crippen MR) is 78.8 cm³/mol. The third-order valence-electron chi connectivity index (χ3n) is 3.09. The monoisotopic (exact) mass is 293 g/mol. The number of rotatable bonds is 6. The molecule has 0 aliphatic rings. The van der Waals surface area contributed by atoms with Crippen molar-refractivity contribution in [3.8, 4) is 0 Å². The molecular formula is C15H19NO3S. The second kappa shape index (κ2) is 6.72. The summed E-state index contributed by atoms with van der Waals surface area (Å²) >= 11 is 1.74. The van der Waals surface area contributed by atoms with Gasteiger partial charge in [0, 0.05) is 10.9 Å². The van der Waals surface area contributed by atoms with Gasteiger partial charge in [-0.15, -0.1) is 11.3 Å². The van der Waals surface area contributed by atoms with E-state index in [0.29, 0.717) is 18.0 Å². The van der Waals surface area contributed by atoms with Gasteiger partial charge < -0.3 is 14.5 Å². The third-order valence-corrected chi connectivity index (χ3v) is 4.04. The molecule has 20 heavy (non-hydrogen) atoms. The molecule has 5 heteroatoms. The van der Waals surface area contributed by atoms with E-state index >= 15 is 0 Å². The first-order valence-electron chi connectivity index (χ1n) is 6.54. The summed E-state index contributed by atoms with van der Waals surface area (Å²) in [6.45, 7) is 4.94. The maximum Gasteiger partial charge on any atom is 0.341 e. The van der Waals surface area contributed by atoms with Crippen molar-refractivity contribution in [2.75, 3.05) is 7.11 Å². The highest BCUT2D eigenvalue weighted by Gasteiger charge is 2.17. The SMILES string of the molecule is COC(=O)c1coc(CNC(c2cccs2)C(C)C)c1. The standard InChI is InChI=1S/C15H19NO3S/c1-10(2)14(13-5-4-6-20-13)16-8-12-7-11(9-19-12)15(17)18-3/h4-7,9-10,14,16H,8H2,1-3H3. The fourth-order valence-electron chi connectivity index (χ4n) is 2.04.